The van der Waals surface area contributed by atoms with Crippen LogP contribution in [0.3, 0.4) is 0 Å². The molecule has 0 amide bonds. The average Bonchev–Trinajstić information content (AvgIpc) is 2.18. The molecule has 0 N–H and O–H groups in total. The summed E-state index contributed by atoms with van der Waals surface area (Å²) in [5.74, 6) is 0.593. The Kier molecular flexibility index (Phi) is 2.93. The lowest BCUT2D eigenvalue weighted by molar-refractivity contribution is -0.000489. The van der Waals surface area contributed by atoms with Crippen LogP contribution in [0.5, 0.6) is 0 Å². The van der Waals surface area contributed by atoms with Crippen molar-refractivity contribution in [2.75, 3.05) is 0 Å². The van der Waals surface area contributed by atoms with Gasteiger partial charge in [-0.3, -0.25) is 0 Å². The van der Waals surface area contributed by atoms with E-state index in [9.17, 15) is 0 Å². The highest BCUT2D eigenvalue weighted by Crippen LogP contribution is 2.29. The van der Waals surface area contributed by atoms with Crippen LogP contribution in [-0.4, -0.2) is 6.10 Å². The van der Waals surface area contributed by atoms with Crippen LogP contribution in [-0.2, 0) is 17.8 Å². The van der Waals surface area contributed by atoms with E-state index in [4.69, 9.17) is 4.74 Å². The van der Waals surface area contributed by atoms with E-state index in [0.29, 0.717) is 12.0 Å². The van der Waals surface area contributed by atoms with Crippen LogP contribution in [0.15, 0.2) is 22.7 Å². The van der Waals surface area contributed by atoms with E-state index < -0.39 is 0 Å². The lowest BCUT2D eigenvalue weighted by atomic mass is 9.93. The molecule has 0 spiro atoms. The third-order valence-corrected chi connectivity index (χ3v) is 3.56. The molecule has 0 saturated heterocycles. The van der Waals surface area contributed by atoms with Crippen LogP contribution >= 0.6 is 15.9 Å². The van der Waals surface area contributed by atoms with Gasteiger partial charge in [0.25, 0.3) is 0 Å². The molecular formula is C12H15BrO. The third-order valence-electron chi connectivity index (χ3n) is 2.82. The van der Waals surface area contributed by atoms with E-state index in [1.54, 1.807) is 0 Å². The van der Waals surface area contributed by atoms with E-state index in [0.717, 1.165) is 13.0 Å². The van der Waals surface area contributed by atoms with Crippen molar-refractivity contribution in [2.45, 2.75) is 33.0 Å². The average molecular weight is 255 g/mol. The summed E-state index contributed by atoms with van der Waals surface area (Å²) in [6.45, 7) is 5.19. The van der Waals surface area contributed by atoms with Crippen LogP contribution in [0.4, 0.5) is 0 Å². The van der Waals surface area contributed by atoms with E-state index in [1.165, 1.54) is 15.6 Å². The Morgan fingerprint density at radius 2 is 2.21 bits per heavy atom. The summed E-state index contributed by atoms with van der Waals surface area (Å²) in [6.07, 6.45) is 1.41. The van der Waals surface area contributed by atoms with Gasteiger partial charge in [-0.15, -0.1) is 0 Å². The molecule has 1 nitrogen and oxygen atoms in total. The number of benzene rings is 1. The fourth-order valence-corrected chi connectivity index (χ4v) is 2.42. The van der Waals surface area contributed by atoms with Gasteiger partial charge in [0.05, 0.1) is 12.7 Å². The largest absolute Gasteiger partial charge is 0.373 e. The molecule has 0 fully saturated rings. The maximum atomic E-state index is 5.80. The van der Waals surface area contributed by atoms with E-state index in [1.807, 2.05) is 0 Å². The zero-order chi connectivity index (χ0) is 10.1. The highest BCUT2D eigenvalue weighted by atomic mass is 79.9. The van der Waals surface area contributed by atoms with Gasteiger partial charge in [0.1, 0.15) is 0 Å². The Labute approximate surface area is 93.6 Å². The summed E-state index contributed by atoms with van der Waals surface area (Å²) in [7, 11) is 0. The second-order valence-corrected chi connectivity index (χ2v) is 5.03. The predicted molar refractivity (Wildman–Crippen MR) is 61.3 cm³/mol. The summed E-state index contributed by atoms with van der Waals surface area (Å²) < 4.78 is 7.03. The zero-order valence-corrected chi connectivity index (χ0v) is 10.2. The minimum Gasteiger partial charge on any atom is -0.373 e. The maximum absolute atomic E-state index is 5.80. The molecule has 1 aliphatic heterocycles. The molecular weight excluding hydrogens is 240 g/mol. The maximum Gasteiger partial charge on any atom is 0.0724 e. The van der Waals surface area contributed by atoms with E-state index in [-0.39, 0.29) is 0 Å². The fourth-order valence-electron chi connectivity index (χ4n) is 1.85. The molecule has 76 valence electrons. The molecule has 0 saturated carbocycles. The van der Waals surface area contributed by atoms with Gasteiger partial charge in [-0.05, 0) is 23.1 Å². The standard InChI is InChI=1S/C12H15BrO/c1-8(2)12-6-10-9(7-14-12)4-3-5-11(10)13/h3-5,8,12H,6-7H2,1-2H3. The van der Waals surface area contributed by atoms with Crippen molar-refractivity contribution >= 4 is 15.9 Å². The van der Waals surface area contributed by atoms with Crippen LogP contribution in [0.1, 0.15) is 25.0 Å². The second kappa shape index (κ2) is 4.03. The number of ether oxygens (including phenoxy) is 1. The lowest BCUT2D eigenvalue weighted by Crippen LogP contribution is -2.27. The van der Waals surface area contributed by atoms with Crippen LogP contribution in [0, 0.1) is 5.92 Å². The van der Waals surface area contributed by atoms with Gasteiger partial charge in [-0.25, -0.2) is 0 Å². The van der Waals surface area contributed by atoms with Crippen molar-refractivity contribution in [2.24, 2.45) is 5.92 Å². The molecule has 14 heavy (non-hydrogen) atoms. The minimum absolute atomic E-state index is 0.376. The van der Waals surface area contributed by atoms with Crippen LogP contribution < -0.4 is 0 Å². The van der Waals surface area contributed by atoms with Crippen molar-refractivity contribution in [1.82, 2.24) is 0 Å². The third kappa shape index (κ3) is 1.86. The number of hydrogen-bond acceptors (Lipinski definition) is 1. The first-order chi connectivity index (χ1) is 6.68. The van der Waals surface area contributed by atoms with Gasteiger partial charge >= 0.3 is 0 Å². The highest BCUT2D eigenvalue weighted by Gasteiger charge is 2.22. The smallest absolute Gasteiger partial charge is 0.0724 e. The number of fused-ring (bicyclic) bond motifs is 1. The van der Waals surface area contributed by atoms with Crippen molar-refractivity contribution in [3.63, 3.8) is 0 Å². The van der Waals surface area contributed by atoms with Crippen molar-refractivity contribution in [1.29, 1.82) is 0 Å². The van der Waals surface area contributed by atoms with E-state index in [2.05, 4.69) is 48.0 Å². The summed E-state index contributed by atoms with van der Waals surface area (Å²) in [5, 5.41) is 0. The highest BCUT2D eigenvalue weighted by molar-refractivity contribution is 9.10. The van der Waals surface area contributed by atoms with Crippen molar-refractivity contribution in [3.05, 3.63) is 33.8 Å². The fraction of sp³-hybridized carbons (Fsp3) is 0.500. The Hall–Kier alpha value is -0.340. The topological polar surface area (TPSA) is 9.23 Å². The molecule has 2 heteroatoms. The molecule has 0 bridgehead atoms. The summed E-state index contributed by atoms with van der Waals surface area (Å²) in [5.41, 5.74) is 2.76. The van der Waals surface area contributed by atoms with Crippen molar-refractivity contribution in [3.8, 4) is 0 Å². The number of halogens is 1. The number of rotatable bonds is 1. The van der Waals surface area contributed by atoms with Crippen LogP contribution in [0.25, 0.3) is 0 Å². The minimum atomic E-state index is 0.376. The number of hydrogen-bond donors (Lipinski definition) is 0. The van der Waals surface area contributed by atoms with Gasteiger partial charge in [-0.2, -0.15) is 0 Å². The normalized spacial score (nSPS) is 21.0. The molecule has 1 aromatic rings. The SMILES string of the molecule is CC(C)C1Cc2c(Br)cccc2CO1. The molecule has 1 atom stereocenters. The zero-order valence-electron chi connectivity index (χ0n) is 8.59. The molecule has 0 radical (unpaired) electrons. The van der Waals surface area contributed by atoms with Crippen molar-refractivity contribution < 1.29 is 4.74 Å². The summed E-state index contributed by atoms with van der Waals surface area (Å²) >= 11 is 3.60. The molecule has 1 aliphatic rings. The summed E-state index contributed by atoms with van der Waals surface area (Å²) in [6, 6.07) is 6.33. The Balaban J connectivity index is 2.29. The lowest BCUT2D eigenvalue weighted by Gasteiger charge is -2.28. The summed E-state index contributed by atoms with van der Waals surface area (Å²) in [4.78, 5) is 0. The van der Waals surface area contributed by atoms with E-state index >= 15 is 0 Å². The first-order valence-corrected chi connectivity index (χ1v) is 5.85. The molecule has 1 aromatic carbocycles. The Morgan fingerprint density at radius 1 is 1.43 bits per heavy atom. The van der Waals surface area contributed by atoms with Gasteiger partial charge in [0, 0.05) is 10.9 Å². The Bertz CT molecular complexity index is 333. The first kappa shape index (κ1) is 10.2. The quantitative estimate of drug-likeness (QED) is 0.745. The monoisotopic (exact) mass is 254 g/mol. The Morgan fingerprint density at radius 3 is 2.93 bits per heavy atom. The molecule has 1 unspecified atom stereocenters. The first-order valence-electron chi connectivity index (χ1n) is 5.06. The molecule has 1 heterocycles. The van der Waals surface area contributed by atoms with Gasteiger partial charge < -0.3 is 4.74 Å². The van der Waals surface area contributed by atoms with Crippen LogP contribution in [0.2, 0.25) is 0 Å². The van der Waals surface area contributed by atoms with Gasteiger partial charge in [0.15, 0.2) is 0 Å². The second-order valence-electron chi connectivity index (χ2n) is 4.18. The molecule has 0 aliphatic carbocycles. The van der Waals surface area contributed by atoms with Gasteiger partial charge in [0.2, 0.25) is 0 Å². The molecule has 0 aromatic heterocycles. The van der Waals surface area contributed by atoms with Gasteiger partial charge in [-0.1, -0.05) is 41.9 Å². The molecule has 2 rings (SSSR count). The predicted octanol–water partition coefficient (Wildman–Crippen LogP) is 3.55.